The van der Waals surface area contributed by atoms with E-state index in [9.17, 15) is 4.79 Å². The Kier molecular flexibility index (Phi) is 4.02. The molecular weight excluding hydrogens is 236 g/mol. The Bertz CT molecular complexity index is 416. The number of hydrogen-bond donors (Lipinski definition) is 2. The van der Waals surface area contributed by atoms with Crippen LogP contribution in [0, 0.1) is 12.8 Å². The summed E-state index contributed by atoms with van der Waals surface area (Å²) in [6, 6.07) is 5.45. The van der Waals surface area contributed by atoms with E-state index in [1.807, 2.05) is 19.1 Å². The van der Waals surface area contributed by atoms with Gasteiger partial charge in [0.1, 0.15) is 0 Å². The predicted octanol–water partition coefficient (Wildman–Crippen LogP) is 2.59. The predicted molar refractivity (Wildman–Crippen MR) is 70.4 cm³/mol. The standard InChI is InChI=1S/C13H17ClN2O/c1-9-6-11(14)4-5-12(9)16-13(17)8-15-7-10-2-3-10/h4-6,10,15H,2-3,7-8H2,1H3,(H,16,17). The second-order valence-electron chi connectivity index (χ2n) is 4.58. The number of carbonyl (C=O) groups is 1. The third-order valence-electron chi connectivity index (χ3n) is 2.88. The van der Waals surface area contributed by atoms with Crippen molar-refractivity contribution in [2.24, 2.45) is 5.92 Å². The molecule has 1 aromatic carbocycles. The van der Waals surface area contributed by atoms with Crippen molar-refractivity contribution in [2.75, 3.05) is 18.4 Å². The molecule has 1 aliphatic rings. The molecule has 0 bridgehead atoms. The second kappa shape index (κ2) is 5.52. The molecule has 3 nitrogen and oxygen atoms in total. The van der Waals surface area contributed by atoms with Crippen LogP contribution in [0.15, 0.2) is 18.2 Å². The summed E-state index contributed by atoms with van der Waals surface area (Å²) in [5.74, 6) is 0.788. The van der Waals surface area contributed by atoms with Gasteiger partial charge in [-0.2, -0.15) is 0 Å². The maximum Gasteiger partial charge on any atom is 0.238 e. The van der Waals surface area contributed by atoms with E-state index in [0.717, 1.165) is 23.7 Å². The van der Waals surface area contributed by atoms with E-state index < -0.39 is 0 Å². The van der Waals surface area contributed by atoms with E-state index in [4.69, 9.17) is 11.6 Å². The first-order valence-electron chi connectivity index (χ1n) is 5.92. The largest absolute Gasteiger partial charge is 0.325 e. The van der Waals surface area contributed by atoms with Gasteiger partial charge in [0.2, 0.25) is 5.91 Å². The molecule has 4 heteroatoms. The van der Waals surface area contributed by atoms with Crippen LogP contribution in [-0.2, 0) is 4.79 Å². The normalized spacial score (nSPS) is 14.7. The van der Waals surface area contributed by atoms with Gasteiger partial charge in [0.15, 0.2) is 0 Å². The Labute approximate surface area is 107 Å². The molecule has 0 aromatic heterocycles. The third kappa shape index (κ3) is 4.02. The zero-order chi connectivity index (χ0) is 12.3. The first-order chi connectivity index (χ1) is 8.15. The molecule has 0 atom stereocenters. The van der Waals surface area contributed by atoms with Gasteiger partial charge < -0.3 is 10.6 Å². The lowest BCUT2D eigenvalue weighted by Crippen LogP contribution is -2.29. The lowest BCUT2D eigenvalue weighted by atomic mass is 10.2. The Hall–Kier alpha value is -1.06. The minimum Gasteiger partial charge on any atom is -0.325 e. The molecule has 2 rings (SSSR count). The van der Waals surface area contributed by atoms with Crippen LogP contribution in [0.4, 0.5) is 5.69 Å². The quantitative estimate of drug-likeness (QED) is 0.846. The zero-order valence-corrected chi connectivity index (χ0v) is 10.7. The van der Waals surface area contributed by atoms with Crippen molar-refractivity contribution in [3.8, 4) is 0 Å². The summed E-state index contributed by atoms with van der Waals surface area (Å²) < 4.78 is 0. The molecule has 1 fully saturated rings. The lowest BCUT2D eigenvalue weighted by Gasteiger charge is -2.09. The van der Waals surface area contributed by atoms with Gasteiger partial charge in [-0.05, 0) is 56.0 Å². The molecule has 0 spiro atoms. The number of halogens is 1. The number of benzene rings is 1. The zero-order valence-electron chi connectivity index (χ0n) is 9.92. The van der Waals surface area contributed by atoms with Gasteiger partial charge in [0.25, 0.3) is 0 Å². The van der Waals surface area contributed by atoms with E-state index in [2.05, 4.69) is 10.6 Å². The van der Waals surface area contributed by atoms with Crippen LogP contribution in [-0.4, -0.2) is 19.0 Å². The Balaban J connectivity index is 1.79. The summed E-state index contributed by atoms with van der Waals surface area (Å²) in [7, 11) is 0. The van der Waals surface area contributed by atoms with Crippen LogP contribution in [0.5, 0.6) is 0 Å². The van der Waals surface area contributed by atoms with Gasteiger partial charge in [0.05, 0.1) is 6.54 Å². The molecule has 2 N–H and O–H groups in total. The fraction of sp³-hybridized carbons (Fsp3) is 0.462. The average molecular weight is 253 g/mol. The molecule has 0 heterocycles. The molecule has 0 saturated heterocycles. The van der Waals surface area contributed by atoms with E-state index >= 15 is 0 Å². The van der Waals surface area contributed by atoms with Crippen LogP contribution in [0.2, 0.25) is 5.02 Å². The van der Waals surface area contributed by atoms with Crippen LogP contribution in [0.3, 0.4) is 0 Å². The van der Waals surface area contributed by atoms with Crippen LogP contribution < -0.4 is 10.6 Å². The number of anilines is 1. The van der Waals surface area contributed by atoms with Gasteiger partial charge in [-0.3, -0.25) is 4.79 Å². The fourth-order valence-corrected chi connectivity index (χ4v) is 1.90. The van der Waals surface area contributed by atoms with Crippen molar-refractivity contribution < 1.29 is 4.79 Å². The first-order valence-corrected chi connectivity index (χ1v) is 6.29. The number of rotatable bonds is 5. The maximum absolute atomic E-state index is 11.6. The number of aryl methyl sites for hydroxylation is 1. The number of amides is 1. The van der Waals surface area contributed by atoms with Gasteiger partial charge in [-0.1, -0.05) is 11.6 Å². The smallest absolute Gasteiger partial charge is 0.238 e. The van der Waals surface area contributed by atoms with Crippen molar-refractivity contribution in [3.63, 3.8) is 0 Å². The van der Waals surface area contributed by atoms with Gasteiger partial charge in [-0.15, -0.1) is 0 Å². The Morgan fingerprint density at radius 2 is 2.24 bits per heavy atom. The highest BCUT2D eigenvalue weighted by Gasteiger charge is 2.20. The van der Waals surface area contributed by atoms with Crippen molar-refractivity contribution in [1.82, 2.24) is 5.32 Å². The van der Waals surface area contributed by atoms with Gasteiger partial charge in [-0.25, -0.2) is 0 Å². The first kappa shape index (κ1) is 12.4. The highest BCUT2D eigenvalue weighted by Crippen LogP contribution is 2.27. The average Bonchev–Trinajstić information content (AvgIpc) is 3.06. The number of hydrogen-bond acceptors (Lipinski definition) is 2. The van der Waals surface area contributed by atoms with Crippen molar-refractivity contribution in [1.29, 1.82) is 0 Å². The van der Waals surface area contributed by atoms with E-state index in [1.54, 1.807) is 6.07 Å². The second-order valence-corrected chi connectivity index (χ2v) is 5.02. The van der Waals surface area contributed by atoms with Crippen LogP contribution >= 0.6 is 11.6 Å². The topological polar surface area (TPSA) is 41.1 Å². The molecule has 0 radical (unpaired) electrons. The molecule has 17 heavy (non-hydrogen) atoms. The molecular formula is C13H17ClN2O. The summed E-state index contributed by atoms with van der Waals surface area (Å²) in [5.41, 5.74) is 1.81. The minimum atomic E-state index is -0.00364. The summed E-state index contributed by atoms with van der Waals surface area (Å²) in [5, 5.41) is 6.72. The molecule has 1 saturated carbocycles. The van der Waals surface area contributed by atoms with Crippen LogP contribution in [0.25, 0.3) is 0 Å². The molecule has 1 amide bonds. The van der Waals surface area contributed by atoms with E-state index in [-0.39, 0.29) is 5.91 Å². The third-order valence-corrected chi connectivity index (χ3v) is 3.11. The molecule has 1 aromatic rings. The lowest BCUT2D eigenvalue weighted by molar-refractivity contribution is -0.115. The summed E-state index contributed by atoms with van der Waals surface area (Å²) in [6.45, 7) is 3.25. The van der Waals surface area contributed by atoms with Crippen molar-refractivity contribution >= 4 is 23.2 Å². The monoisotopic (exact) mass is 252 g/mol. The molecule has 1 aliphatic carbocycles. The maximum atomic E-state index is 11.6. The van der Waals surface area contributed by atoms with E-state index in [1.165, 1.54) is 12.8 Å². The van der Waals surface area contributed by atoms with Crippen molar-refractivity contribution in [2.45, 2.75) is 19.8 Å². The van der Waals surface area contributed by atoms with E-state index in [0.29, 0.717) is 11.6 Å². The molecule has 0 unspecified atom stereocenters. The summed E-state index contributed by atoms with van der Waals surface area (Å²) in [6.07, 6.45) is 2.59. The van der Waals surface area contributed by atoms with Crippen LogP contribution in [0.1, 0.15) is 18.4 Å². The van der Waals surface area contributed by atoms with Gasteiger partial charge in [0, 0.05) is 10.7 Å². The SMILES string of the molecule is Cc1cc(Cl)ccc1NC(=O)CNCC1CC1. The molecule has 0 aliphatic heterocycles. The van der Waals surface area contributed by atoms with Crippen molar-refractivity contribution in [3.05, 3.63) is 28.8 Å². The highest BCUT2D eigenvalue weighted by molar-refractivity contribution is 6.30. The minimum absolute atomic E-state index is 0.00364. The fourth-order valence-electron chi connectivity index (χ4n) is 1.67. The Morgan fingerprint density at radius 1 is 1.47 bits per heavy atom. The van der Waals surface area contributed by atoms with Gasteiger partial charge >= 0.3 is 0 Å². The summed E-state index contributed by atoms with van der Waals surface area (Å²) >= 11 is 5.85. The number of nitrogens with one attached hydrogen (secondary N) is 2. The molecule has 92 valence electrons. The summed E-state index contributed by atoms with van der Waals surface area (Å²) in [4.78, 5) is 11.6. The number of carbonyl (C=O) groups excluding carboxylic acids is 1. The highest BCUT2D eigenvalue weighted by atomic mass is 35.5. The Morgan fingerprint density at radius 3 is 2.88 bits per heavy atom.